The van der Waals surface area contributed by atoms with Gasteiger partial charge in [-0.1, -0.05) is 37.3 Å². The molecule has 5 heteroatoms. The number of hydrogen-bond donors (Lipinski definition) is 2. The second-order valence-corrected chi connectivity index (χ2v) is 4.39. The minimum atomic E-state index is -1.12. The van der Waals surface area contributed by atoms with E-state index in [0.29, 0.717) is 0 Å². The average Bonchev–Trinajstić information content (AvgIpc) is 2.37. The quantitative estimate of drug-likeness (QED) is 0.807. The first-order chi connectivity index (χ1) is 9.04. The van der Waals surface area contributed by atoms with Crippen LogP contribution < -0.4 is 5.32 Å². The van der Waals surface area contributed by atoms with Crippen LogP contribution in [0.15, 0.2) is 30.3 Å². The molecule has 0 unspecified atom stereocenters. The van der Waals surface area contributed by atoms with Gasteiger partial charge in [0.2, 0.25) is 5.91 Å². The van der Waals surface area contributed by atoms with Crippen LogP contribution in [0.25, 0.3) is 0 Å². The van der Waals surface area contributed by atoms with Crippen molar-refractivity contribution >= 4 is 11.9 Å². The van der Waals surface area contributed by atoms with Gasteiger partial charge in [-0.2, -0.15) is 5.26 Å². The number of nitrogens with zero attached hydrogens (tertiary/aromatic N) is 1. The highest BCUT2D eigenvalue weighted by Crippen LogP contribution is 2.08. The average molecular weight is 260 g/mol. The molecule has 0 spiro atoms. The van der Waals surface area contributed by atoms with E-state index in [4.69, 9.17) is 10.4 Å². The van der Waals surface area contributed by atoms with E-state index in [9.17, 15) is 9.59 Å². The lowest BCUT2D eigenvalue weighted by atomic mass is 9.98. The topological polar surface area (TPSA) is 90.2 Å². The van der Waals surface area contributed by atoms with Gasteiger partial charge in [0.25, 0.3) is 0 Å². The first-order valence-electron chi connectivity index (χ1n) is 5.97. The van der Waals surface area contributed by atoms with Gasteiger partial charge < -0.3 is 10.4 Å². The van der Waals surface area contributed by atoms with Crippen LogP contribution in [0.3, 0.4) is 0 Å². The summed E-state index contributed by atoms with van der Waals surface area (Å²) in [7, 11) is 0. The summed E-state index contributed by atoms with van der Waals surface area (Å²) in [5.74, 6) is -1.91. The largest absolute Gasteiger partial charge is 0.480 e. The molecule has 0 aliphatic heterocycles. The van der Waals surface area contributed by atoms with Crippen LogP contribution in [-0.4, -0.2) is 23.0 Å². The number of carbonyl (C=O) groups excluding carboxylic acids is 1. The Hall–Kier alpha value is -2.35. The Balaban J connectivity index is 2.62. The van der Waals surface area contributed by atoms with Crippen molar-refractivity contribution in [1.82, 2.24) is 5.32 Å². The molecule has 0 heterocycles. The minimum absolute atomic E-state index is 0.0859. The summed E-state index contributed by atoms with van der Waals surface area (Å²) in [5.41, 5.74) is 0.817. The van der Waals surface area contributed by atoms with Gasteiger partial charge in [-0.15, -0.1) is 0 Å². The highest BCUT2D eigenvalue weighted by Gasteiger charge is 2.26. The molecule has 1 amide bonds. The maximum Gasteiger partial charge on any atom is 0.326 e. The van der Waals surface area contributed by atoms with Crippen molar-refractivity contribution in [2.24, 2.45) is 5.92 Å². The van der Waals surface area contributed by atoms with Crippen LogP contribution in [0.5, 0.6) is 0 Å². The minimum Gasteiger partial charge on any atom is -0.480 e. The Labute approximate surface area is 111 Å². The highest BCUT2D eigenvalue weighted by molar-refractivity contribution is 5.85. The van der Waals surface area contributed by atoms with Crippen molar-refractivity contribution in [2.75, 3.05) is 0 Å². The zero-order chi connectivity index (χ0) is 14.3. The number of nitriles is 1. The molecule has 100 valence electrons. The summed E-state index contributed by atoms with van der Waals surface area (Å²) in [4.78, 5) is 22.9. The molecule has 1 rings (SSSR count). The third-order valence-corrected chi connectivity index (χ3v) is 2.77. The summed E-state index contributed by atoms with van der Waals surface area (Å²) < 4.78 is 0. The number of aliphatic carboxylic acids is 1. The van der Waals surface area contributed by atoms with Gasteiger partial charge in [-0.05, 0) is 5.56 Å². The highest BCUT2D eigenvalue weighted by atomic mass is 16.4. The molecule has 2 N–H and O–H groups in total. The summed E-state index contributed by atoms with van der Waals surface area (Å²) in [6, 6.07) is 9.95. The number of carboxylic acid groups (broad SMARTS) is 1. The maximum atomic E-state index is 11.8. The molecular formula is C14H16N2O3. The second kappa shape index (κ2) is 7.17. The number of carboxylic acids is 1. The predicted molar refractivity (Wildman–Crippen MR) is 69.1 cm³/mol. The smallest absolute Gasteiger partial charge is 0.326 e. The SMILES string of the molecule is C[C@H](CC#N)[C@@H](NC(=O)Cc1ccccc1)C(=O)O. The van der Waals surface area contributed by atoms with Gasteiger partial charge in [0.05, 0.1) is 12.5 Å². The van der Waals surface area contributed by atoms with Crippen molar-refractivity contribution in [2.45, 2.75) is 25.8 Å². The monoisotopic (exact) mass is 260 g/mol. The van der Waals surface area contributed by atoms with E-state index in [0.717, 1.165) is 5.56 Å². The summed E-state index contributed by atoms with van der Waals surface area (Å²) in [6.45, 7) is 1.63. The molecule has 0 aliphatic carbocycles. The molecule has 19 heavy (non-hydrogen) atoms. The van der Waals surface area contributed by atoms with E-state index in [-0.39, 0.29) is 18.7 Å². The van der Waals surface area contributed by atoms with Crippen molar-refractivity contribution in [3.8, 4) is 6.07 Å². The van der Waals surface area contributed by atoms with Crippen molar-refractivity contribution in [3.63, 3.8) is 0 Å². The first-order valence-corrected chi connectivity index (χ1v) is 5.97. The van der Waals surface area contributed by atoms with Crippen LogP contribution in [0.1, 0.15) is 18.9 Å². The molecule has 0 saturated carbocycles. The molecule has 0 aliphatic rings. The van der Waals surface area contributed by atoms with Crippen LogP contribution in [0.4, 0.5) is 0 Å². The number of hydrogen-bond acceptors (Lipinski definition) is 3. The maximum absolute atomic E-state index is 11.8. The van der Waals surface area contributed by atoms with Crippen LogP contribution in [0.2, 0.25) is 0 Å². The van der Waals surface area contributed by atoms with Crippen LogP contribution in [0, 0.1) is 17.2 Å². The predicted octanol–water partition coefficient (Wildman–Crippen LogP) is 1.35. The lowest BCUT2D eigenvalue weighted by molar-refractivity contribution is -0.143. The van der Waals surface area contributed by atoms with Gasteiger partial charge >= 0.3 is 5.97 Å². The number of benzene rings is 1. The standard InChI is InChI=1S/C14H16N2O3/c1-10(7-8-15)13(14(18)19)16-12(17)9-11-5-3-2-4-6-11/h2-6,10,13H,7,9H2,1H3,(H,16,17)(H,18,19)/t10-,13-/m1/s1. The van der Waals surface area contributed by atoms with E-state index in [1.807, 2.05) is 24.3 Å². The molecule has 0 aromatic heterocycles. The molecule has 0 fully saturated rings. The summed E-state index contributed by atoms with van der Waals surface area (Å²) in [5, 5.41) is 20.1. The molecule has 2 atom stereocenters. The Morgan fingerprint density at radius 3 is 2.53 bits per heavy atom. The lowest BCUT2D eigenvalue weighted by Gasteiger charge is -2.19. The van der Waals surface area contributed by atoms with Crippen molar-refractivity contribution in [3.05, 3.63) is 35.9 Å². The molecule has 5 nitrogen and oxygen atoms in total. The fourth-order valence-electron chi connectivity index (χ4n) is 1.71. The number of carbonyl (C=O) groups is 2. The molecule has 0 radical (unpaired) electrons. The zero-order valence-electron chi connectivity index (χ0n) is 10.7. The van der Waals surface area contributed by atoms with Gasteiger partial charge in [0, 0.05) is 12.3 Å². The van der Waals surface area contributed by atoms with Crippen LogP contribution in [-0.2, 0) is 16.0 Å². The van der Waals surface area contributed by atoms with Crippen molar-refractivity contribution < 1.29 is 14.7 Å². The Bertz CT molecular complexity index is 479. The first kappa shape index (κ1) is 14.7. The molecule has 0 bridgehead atoms. The Morgan fingerprint density at radius 1 is 1.37 bits per heavy atom. The Morgan fingerprint density at radius 2 is 2.00 bits per heavy atom. The van der Waals surface area contributed by atoms with E-state index < -0.39 is 17.9 Å². The molecule has 1 aromatic rings. The van der Waals surface area contributed by atoms with E-state index >= 15 is 0 Å². The number of rotatable bonds is 6. The van der Waals surface area contributed by atoms with Gasteiger partial charge in [0.15, 0.2) is 0 Å². The number of amides is 1. The number of nitrogens with one attached hydrogen (secondary N) is 1. The van der Waals surface area contributed by atoms with Gasteiger partial charge in [-0.25, -0.2) is 4.79 Å². The lowest BCUT2D eigenvalue weighted by Crippen LogP contribution is -2.45. The fraction of sp³-hybridized carbons (Fsp3) is 0.357. The third-order valence-electron chi connectivity index (χ3n) is 2.77. The summed E-state index contributed by atoms with van der Waals surface area (Å²) in [6.07, 6.45) is 0.215. The zero-order valence-corrected chi connectivity index (χ0v) is 10.7. The molecule has 0 saturated heterocycles. The van der Waals surface area contributed by atoms with Crippen molar-refractivity contribution in [1.29, 1.82) is 5.26 Å². The summed E-state index contributed by atoms with van der Waals surface area (Å²) >= 11 is 0. The van der Waals surface area contributed by atoms with Gasteiger partial charge in [0.1, 0.15) is 6.04 Å². The second-order valence-electron chi connectivity index (χ2n) is 4.39. The molecule has 1 aromatic carbocycles. The third kappa shape index (κ3) is 4.80. The van der Waals surface area contributed by atoms with E-state index in [1.165, 1.54) is 0 Å². The van der Waals surface area contributed by atoms with Gasteiger partial charge in [-0.3, -0.25) is 4.79 Å². The fourth-order valence-corrected chi connectivity index (χ4v) is 1.71. The van der Waals surface area contributed by atoms with E-state index in [2.05, 4.69) is 5.32 Å². The Kier molecular flexibility index (Phi) is 5.55. The van der Waals surface area contributed by atoms with E-state index in [1.54, 1.807) is 19.1 Å². The normalized spacial score (nSPS) is 13.1. The molecular weight excluding hydrogens is 244 g/mol. The van der Waals surface area contributed by atoms with Crippen LogP contribution >= 0.6 is 0 Å².